The number of nitrogens with zero attached hydrogens (tertiary/aromatic N) is 2. The molecule has 78 valence electrons. The molecule has 0 aliphatic rings. The summed E-state index contributed by atoms with van der Waals surface area (Å²) in [5.74, 6) is -0.705. The number of hydrogen-bond donors (Lipinski definition) is 1. The fraction of sp³-hybridized carbons (Fsp3) is 0.222. The summed E-state index contributed by atoms with van der Waals surface area (Å²) in [4.78, 5) is 15.8. The summed E-state index contributed by atoms with van der Waals surface area (Å²) in [6, 6.07) is 1.38. The zero-order valence-corrected chi connectivity index (χ0v) is 8.96. The standard InChI is InChI=1S/C9H8N2O3S/c1-4-8(10-5(2)15-4)7-3-6(9(12)13)11-14-7/h3H,1-2H3,(H,12,13). The lowest BCUT2D eigenvalue weighted by Crippen LogP contribution is -1.94. The molecule has 0 aliphatic carbocycles. The SMILES string of the molecule is Cc1nc(-c2cc(C(=O)O)no2)c(C)s1. The van der Waals surface area contributed by atoms with Gasteiger partial charge in [0.2, 0.25) is 0 Å². The monoisotopic (exact) mass is 224 g/mol. The van der Waals surface area contributed by atoms with Crippen LogP contribution in [0.5, 0.6) is 0 Å². The molecule has 0 atom stereocenters. The predicted molar refractivity (Wildman–Crippen MR) is 54.0 cm³/mol. The van der Waals surface area contributed by atoms with Gasteiger partial charge in [-0.3, -0.25) is 0 Å². The summed E-state index contributed by atoms with van der Waals surface area (Å²) >= 11 is 1.54. The summed E-state index contributed by atoms with van der Waals surface area (Å²) < 4.78 is 4.92. The van der Waals surface area contributed by atoms with Crippen LogP contribution in [0.4, 0.5) is 0 Å². The van der Waals surface area contributed by atoms with Crippen LogP contribution in [0.15, 0.2) is 10.6 Å². The van der Waals surface area contributed by atoms with Gasteiger partial charge in [-0.15, -0.1) is 11.3 Å². The van der Waals surface area contributed by atoms with E-state index < -0.39 is 5.97 Å². The van der Waals surface area contributed by atoms with Crippen LogP contribution in [0.2, 0.25) is 0 Å². The highest BCUT2D eigenvalue weighted by atomic mass is 32.1. The number of carbonyl (C=O) groups is 1. The number of thiazole rings is 1. The molecular formula is C9H8N2O3S. The molecule has 0 aliphatic heterocycles. The average Bonchev–Trinajstić information content (AvgIpc) is 2.71. The van der Waals surface area contributed by atoms with E-state index in [0.717, 1.165) is 9.88 Å². The number of rotatable bonds is 2. The highest BCUT2D eigenvalue weighted by Gasteiger charge is 2.16. The third kappa shape index (κ3) is 1.75. The minimum absolute atomic E-state index is 0.102. The van der Waals surface area contributed by atoms with Crippen molar-refractivity contribution < 1.29 is 14.4 Å². The Balaban J connectivity index is 2.45. The third-order valence-corrected chi connectivity index (χ3v) is 2.75. The summed E-state index contributed by atoms with van der Waals surface area (Å²) in [7, 11) is 0. The fourth-order valence-electron chi connectivity index (χ4n) is 1.25. The van der Waals surface area contributed by atoms with Crippen molar-refractivity contribution in [3.63, 3.8) is 0 Å². The third-order valence-electron chi connectivity index (χ3n) is 1.87. The maximum atomic E-state index is 10.6. The van der Waals surface area contributed by atoms with Gasteiger partial charge in [-0.05, 0) is 13.8 Å². The first-order valence-electron chi connectivity index (χ1n) is 4.22. The van der Waals surface area contributed by atoms with Crippen molar-refractivity contribution in [2.45, 2.75) is 13.8 Å². The van der Waals surface area contributed by atoms with Crippen LogP contribution in [-0.2, 0) is 0 Å². The lowest BCUT2D eigenvalue weighted by atomic mass is 10.3. The van der Waals surface area contributed by atoms with E-state index in [2.05, 4.69) is 10.1 Å². The van der Waals surface area contributed by atoms with Crippen LogP contribution in [0, 0.1) is 13.8 Å². The molecule has 0 saturated carbocycles. The largest absolute Gasteiger partial charge is 0.476 e. The molecule has 1 N–H and O–H groups in total. The lowest BCUT2D eigenvalue weighted by Gasteiger charge is -1.87. The molecule has 5 nitrogen and oxygen atoms in total. The van der Waals surface area contributed by atoms with E-state index in [1.54, 1.807) is 0 Å². The van der Waals surface area contributed by atoms with Gasteiger partial charge in [0.15, 0.2) is 11.5 Å². The highest BCUT2D eigenvalue weighted by molar-refractivity contribution is 7.11. The van der Waals surface area contributed by atoms with Gasteiger partial charge in [-0.25, -0.2) is 9.78 Å². The molecule has 2 aromatic rings. The zero-order valence-electron chi connectivity index (χ0n) is 8.14. The van der Waals surface area contributed by atoms with Crippen molar-refractivity contribution in [2.24, 2.45) is 0 Å². The maximum absolute atomic E-state index is 10.6. The molecule has 2 rings (SSSR count). The van der Waals surface area contributed by atoms with Gasteiger partial charge >= 0.3 is 5.97 Å². The average molecular weight is 224 g/mol. The Labute approximate surface area is 89.4 Å². The Morgan fingerprint density at radius 3 is 2.73 bits per heavy atom. The maximum Gasteiger partial charge on any atom is 0.358 e. The molecule has 15 heavy (non-hydrogen) atoms. The van der Waals surface area contributed by atoms with Gasteiger partial charge in [-0.1, -0.05) is 5.16 Å². The number of carboxylic acid groups (broad SMARTS) is 1. The van der Waals surface area contributed by atoms with Gasteiger partial charge in [-0.2, -0.15) is 0 Å². The van der Waals surface area contributed by atoms with Crippen molar-refractivity contribution in [2.75, 3.05) is 0 Å². The number of aryl methyl sites for hydroxylation is 2. The Morgan fingerprint density at radius 1 is 1.53 bits per heavy atom. The smallest absolute Gasteiger partial charge is 0.358 e. The summed E-state index contributed by atoms with van der Waals surface area (Å²) in [6.07, 6.45) is 0. The Bertz CT molecular complexity index is 515. The minimum atomic E-state index is -1.10. The normalized spacial score (nSPS) is 10.5. The van der Waals surface area contributed by atoms with Crippen LogP contribution < -0.4 is 0 Å². The molecule has 0 amide bonds. The lowest BCUT2D eigenvalue weighted by molar-refractivity contribution is 0.0686. The van der Waals surface area contributed by atoms with Crippen LogP contribution in [-0.4, -0.2) is 21.2 Å². The van der Waals surface area contributed by atoms with Gasteiger partial charge in [0.1, 0.15) is 5.69 Å². The van der Waals surface area contributed by atoms with Crippen LogP contribution >= 0.6 is 11.3 Å². The van der Waals surface area contributed by atoms with Crippen LogP contribution in [0.1, 0.15) is 20.4 Å². The molecular weight excluding hydrogens is 216 g/mol. The molecule has 0 fully saturated rings. The summed E-state index contributed by atoms with van der Waals surface area (Å²) in [6.45, 7) is 3.79. The molecule has 0 bridgehead atoms. The number of hydrogen-bond acceptors (Lipinski definition) is 5. The van der Waals surface area contributed by atoms with Crippen LogP contribution in [0.25, 0.3) is 11.5 Å². The van der Waals surface area contributed by atoms with Crippen molar-refractivity contribution in [3.8, 4) is 11.5 Å². The molecule has 0 unspecified atom stereocenters. The van der Waals surface area contributed by atoms with Crippen molar-refractivity contribution in [3.05, 3.63) is 21.6 Å². The first kappa shape index (κ1) is 9.85. The van der Waals surface area contributed by atoms with E-state index in [9.17, 15) is 4.79 Å². The molecule has 2 heterocycles. The van der Waals surface area contributed by atoms with Crippen molar-refractivity contribution in [1.29, 1.82) is 0 Å². The molecule has 0 aromatic carbocycles. The number of aromatic carboxylic acids is 1. The van der Waals surface area contributed by atoms with Gasteiger partial charge < -0.3 is 9.63 Å². The predicted octanol–water partition coefficient (Wildman–Crippen LogP) is 2.11. The van der Waals surface area contributed by atoms with Gasteiger partial charge in [0, 0.05) is 10.9 Å². The first-order chi connectivity index (χ1) is 7.08. The summed E-state index contributed by atoms with van der Waals surface area (Å²) in [5.41, 5.74) is 0.563. The quantitative estimate of drug-likeness (QED) is 0.845. The topological polar surface area (TPSA) is 76.2 Å². The summed E-state index contributed by atoms with van der Waals surface area (Å²) in [5, 5.41) is 13.0. The first-order valence-corrected chi connectivity index (χ1v) is 5.04. The molecule has 0 saturated heterocycles. The Morgan fingerprint density at radius 2 is 2.27 bits per heavy atom. The van der Waals surface area contributed by atoms with Crippen molar-refractivity contribution >= 4 is 17.3 Å². The second-order valence-corrected chi connectivity index (χ2v) is 4.43. The number of carboxylic acids is 1. The number of aromatic nitrogens is 2. The second kappa shape index (κ2) is 3.47. The molecule has 0 spiro atoms. The Hall–Kier alpha value is -1.69. The zero-order chi connectivity index (χ0) is 11.0. The van der Waals surface area contributed by atoms with E-state index in [0.29, 0.717) is 11.5 Å². The van der Waals surface area contributed by atoms with Crippen molar-refractivity contribution in [1.82, 2.24) is 10.1 Å². The molecule has 0 radical (unpaired) electrons. The minimum Gasteiger partial charge on any atom is -0.476 e. The van der Waals surface area contributed by atoms with E-state index in [4.69, 9.17) is 9.63 Å². The fourth-order valence-corrected chi connectivity index (χ4v) is 2.07. The van der Waals surface area contributed by atoms with E-state index >= 15 is 0 Å². The second-order valence-electron chi connectivity index (χ2n) is 3.02. The van der Waals surface area contributed by atoms with Crippen LogP contribution in [0.3, 0.4) is 0 Å². The highest BCUT2D eigenvalue weighted by Crippen LogP contribution is 2.27. The van der Waals surface area contributed by atoms with Gasteiger partial charge in [0.25, 0.3) is 0 Å². The van der Waals surface area contributed by atoms with E-state index in [1.807, 2.05) is 13.8 Å². The van der Waals surface area contributed by atoms with E-state index in [-0.39, 0.29) is 5.69 Å². The molecule has 2 aromatic heterocycles. The molecule has 6 heteroatoms. The van der Waals surface area contributed by atoms with E-state index in [1.165, 1.54) is 17.4 Å². The Kier molecular flexibility index (Phi) is 2.28. The van der Waals surface area contributed by atoms with Gasteiger partial charge in [0.05, 0.1) is 5.01 Å².